The van der Waals surface area contributed by atoms with Crippen LogP contribution in [0, 0.1) is 20.4 Å². The predicted molar refractivity (Wildman–Crippen MR) is 185 cm³/mol. The third kappa shape index (κ3) is 5.11. The van der Waals surface area contributed by atoms with E-state index in [2.05, 4.69) is 58.2 Å². The molecular formula is C38H35N7O2. The van der Waals surface area contributed by atoms with E-state index in [-0.39, 0.29) is 12.1 Å². The molecule has 0 unspecified atom stereocenters. The number of fused-ring (bicyclic) bond motifs is 3. The van der Waals surface area contributed by atoms with Crippen molar-refractivity contribution in [3.63, 3.8) is 0 Å². The topological polar surface area (TPSA) is 118 Å². The van der Waals surface area contributed by atoms with E-state index >= 15 is 0 Å². The van der Waals surface area contributed by atoms with E-state index in [1.165, 1.54) is 0 Å². The summed E-state index contributed by atoms with van der Waals surface area (Å²) in [7, 11) is 0. The maximum atomic E-state index is 9.91. The van der Waals surface area contributed by atoms with Gasteiger partial charge in [-0.3, -0.25) is 9.88 Å². The van der Waals surface area contributed by atoms with E-state index in [4.69, 9.17) is 26.7 Å². The molecule has 3 aromatic heterocycles. The Balaban J connectivity index is 1.12. The number of anilines is 2. The van der Waals surface area contributed by atoms with Crippen LogP contribution < -0.4 is 11.1 Å². The summed E-state index contributed by atoms with van der Waals surface area (Å²) in [5.41, 5.74) is 18.1. The third-order valence-electron chi connectivity index (χ3n) is 9.76. The molecular weight excluding hydrogens is 586 g/mol. The van der Waals surface area contributed by atoms with Crippen molar-refractivity contribution >= 4 is 39.2 Å². The van der Waals surface area contributed by atoms with Crippen molar-refractivity contribution in [2.45, 2.75) is 51.8 Å². The second-order valence-corrected chi connectivity index (χ2v) is 12.8. The number of rotatable bonds is 6. The van der Waals surface area contributed by atoms with Gasteiger partial charge < -0.3 is 20.6 Å². The highest BCUT2D eigenvalue weighted by molar-refractivity contribution is 5.93. The van der Waals surface area contributed by atoms with Gasteiger partial charge in [-0.2, -0.15) is 0 Å². The van der Waals surface area contributed by atoms with Gasteiger partial charge in [0.15, 0.2) is 11.4 Å². The van der Waals surface area contributed by atoms with Crippen molar-refractivity contribution in [3.05, 3.63) is 106 Å². The lowest BCUT2D eigenvalue weighted by molar-refractivity contribution is 0.175. The number of benzene rings is 3. The fraction of sp³-hybridized carbons (Fsp3) is 0.263. The van der Waals surface area contributed by atoms with Gasteiger partial charge in [-0.25, -0.2) is 14.8 Å². The van der Waals surface area contributed by atoms with Crippen molar-refractivity contribution < 1.29 is 9.52 Å². The summed E-state index contributed by atoms with van der Waals surface area (Å²) in [6.45, 7) is 14.4. The largest absolute Gasteiger partial charge is 0.448 e. The highest BCUT2D eigenvalue weighted by atomic mass is 16.3. The molecule has 4 heterocycles. The van der Waals surface area contributed by atoms with E-state index in [1.807, 2.05) is 42.7 Å². The van der Waals surface area contributed by atoms with Gasteiger partial charge in [0.05, 0.1) is 18.2 Å². The highest BCUT2D eigenvalue weighted by Crippen LogP contribution is 2.44. The molecule has 234 valence electrons. The Morgan fingerprint density at radius 3 is 2.66 bits per heavy atom. The Bertz CT molecular complexity index is 2230. The van der Waals surface area contributed by atoms with Crippen molar-refractivity contribution in [1.29, 1.82) is 0 Å². The number of β-amino-alcohol motifs (C(OH)–C–C–N with tert-alkyl or cyclic N) is 1. The van der Waals surface area contributed by atoms with Crippen LogP contribution in [0.25, 0.3) is 49.4 Å². The minimum absolute atomic E-state index is 0.0723. The van der Waals surface area contributed by atoms with Crippen LogP contribution in [0.2, 0.25) is 0 Å². The molecule has 0 amide bonds. The molecule has 0 radical (unpaired) electrons. The predicted octanol–water partition coefficient (Wildman–Crippen LogP) is 7.53. The average Bonchev–Trinajstić information content (AvgIpc) is 3.79. The van der Waals surface area contributed by atoms with Crippen LogP contribution in [0.15, 0.2) is 71.4 Å². The normalized spacial score (nSPS) is 17.8. The quantitative estimate of drug-likeness (QED) is 0.163. The van der Waals surface area contributed by atoms with Gasteiger partial charge in [-0.05, 0) is 102 Å². The van der Waals surface area contributed by atoms with Crippen LogP contribution in [0.1, 0.15) is 46.7 Å². The van der Waals surface area contributed by atoms with E-state index in [9.17, 15) is 5.11 Å². The molecule has 1 aliphatic heterocycles. The second-order valence-electron chi connectivity index (χ2n) is 12.8. The molecule has 47 heavy (non-hydrogen) atoms. The first-order chi connectivity index (χ1) is 22.9. The Labute approximate surface area is 272 Å². The molecule has 3 aromatic carbocycles. The molecule has 2 atom stereocenters. The smallest absolute Gasteiger partial charge is 0.234 e. The number of nitrogens with zero attached hydrogens (tertiary/aromatic N) is 5. The number of nitrogens with one attached hydrogen (secondary N) is 1. The van der Waals surface area contributed by atoms with E-state index in [0.717, 1.165) is 93.4 Å². The van der Waals surface area contributed by atoms with Crippen molar-refractivity contribution in [2.75, 3.05) is 18.4 Å². The summed E-state index contributed by atoms with van der Waals surface area (Å²) in [5, 5.41) is 14.5. The minimum Gasteiger partial charge on any atom is -0.448 e. The van der Waals surface area contributed by atoms with E-state index in [0.29, 0.717) is 35.0 Å². The Hall–Kier alpha value is -5.14. The van der Waals surface area contributed by atoms with Crippen LogP contribution in [0.4, 0.5) is 17.2 Å². The molecule has 9 nitrogen and oxygen atoms in total. The number of likely N-dealkylation sites (tertiary alicyclic amines) is 1. The zero-order valence-corrected chi connectivity index (χ0v) is 26.4. The molecule has 1 aliphatic carbocycles. The lowest BCUT2D eigenvalue weighted by atomic mass is 9.93. The number of aromatic nitrogens is 3. The lowest BCUT2D eigenvalue weighted by Crippen LogP contribution is -2.21. The fourth-order valence-electron chi connectivity index (χ4n) is 7.24. The minimum atomic E-state index is -0.241. The summed E-state index contributed by atoms with van der Waals surface area (Å²) in [4.78, 5) is 20.4. The number of nitrogens with two attached hydrogens (primary N) is 1. The monoisotopic (exact) mass is 621 g/mol. The molecule has 4 N–H and O–H groups in total. The summed E-state index contributed by atoms with van der Waals surface area (Å²) in [5.74, 6) is 1.20. The fourth-order valence-corrected chi connectivity index (χ4v) is 7.24. The van der Waals surface area contributed by atoms with Crippen LogP contribution in [0.5, 0.6) is 0 Å². The number of oxazole rings is 1. The first-order valence-corrected chi connectivity index (χ1v) is 16.1. The molecule has 8 rings (SSSR count). The third-order valence-corrected chi connectivity index (χ3v) is 9.76. The maximum Gasteiger partial charge on any atom is 0.234 e. The number of hydrogen-bond acceptors (Lipinski definition) is 8. The van der Waals surface area contributed by atoms with Crippen LogP contribution in [-0.2, 0) is 13.0 Å². The Morgan fingerprint density at radius 2 is 1.85 bits per heavy atom. The first-order valence-electron chi connectivity index (χ1n) is 16.1. The van der Waals surface area contributed by atoms with Gasteiger partial charge in [0.1, 0.15) is 5.52 Å². The van der Waals surface area contributed by atoms with Crippen LogP contribution in [0.3, 0.4) is 0 Å². The molecule has 0 bridgehead atoms. The first kappa shape index (κ1) is 29.3. The average molecular weight is 622 g/mol. The SMILES string of the molecule is [C-]#[N+]c1c2c(cc3nc(-c4cccc(-c5cccc(Nc6nccc7cc(CN8CC[C@@H](O)C8)cnc67)c5C)c4C)oc13)[C@H](N)CC2. The summed E-state index contributed by atoms with van der Waals surface area (Å²) >= 11 is 0. The highest BCUT2D eigenvalue weighted by Gasteiger charge is 2.27. The van der Waals surface area contributed by atoms with Gasteiger partial charge >= 0.3 is 0 Å². The van der Waals surface area contributed by atoms with Crippen LogP contribution in [-0.4, -0.2) is 44.2 Å². The molecule has 9 heteroatoms. The van der Waals surface area contributed by atoms with Crippen molar-refractivity contribution in [2.24, 2.45) is 5.73 Å². The van der Waals surface area contributed by atoms with Crippen molar-refractivity contribution in [3.8, 4) is 22.6 Å². The number of aliphatic hydroxyl groups is 1. The van der Waals surface area contributed by atoms with Gasteiger partial charge in [0.2, 0.25) is 11.6 Å². The van der Waals surface area contributed by atoms with Crippen LogP contribution >= 0.6 is 0 Å². The Morgan fingerprint density at radius 1 is 1.04 bits per heavy atom. The molecule has 0 spiro atoms. The Kier molecular flexibility index (Phi) is 7.22. The lowest BCUT2D eigenvalue weighted by Gasteiger charge is -2.17. The van der Waals surface area contributed by atoms with Gasteiger partial charge in [-0.1, -0.05) is 24.3 Å². The molecule has 1 saturated heterocycles. The maximum absolute atomic E-state index is 9.91. The number of pyridine rings is 2. The van der Waals surface area contributed by atoms with Gasteiger partial charge in [0, 0.05) is 54.7 Å². The zero-order valence-electron chi connectivity index (χ0n) is 26.4. The van der Waals surface area contributed by atoms with E-state index in [1.54, 1.807) is 0 Å². The molecule has 0 saturated carbocycles. The molecule has 2 aliphatic rings. The molecule has 1 fully saturated rings. The summed E-state index contributed by atoms with van der Waals surface area (Å²) in [6, 6.07) is 18.5. The zero-order chi connectivity index (χ0) is 32.2. The number of hydrogen-bond donors (Lipinski definition) is 3. The summed E-state index contributed by atoms with van der Waals surface area (Å²) < 4.78 is 6.33. The standard InChI is InChI=1S/C38H35N7O2/c1-21-26(6-4-8-28(21)38-44-33-17-30-29(10-11-31(30)39)35(40-3)36(33)47-38)27-7-5-9-32(22(27)2)43-37-34-24(12-14-41-37)16-23(18-42-34)19-45-15-13-25(46)20-45/h4-9,12,14,16-18,25,31,46H,10-11,13,15,19-20,39H2,1-2H3,(H,41,43)/t25-,31-/m1/s1. The van der Waals surface area contributed by atoms with Gasteiger partial charge in [-0.15, -0.1) is 0 Å². The van der Waals surface area contributed by atoms with Gasteiger partial charge in [0.25, 0.3) is 0 Å². The second kappa shape index (κ2) is 11.6. The number of aliphatic hydroxyl groups excluding tert-OH is 1. The summed E-state index contributed by atoms with van der Waals surface area (Å²) in [6.07, 6.45) is 5.92. The molecule has 6 aromatic rings. The van der Waals surface area contributed by atoms with E-state index < -0.39 is 0 Å². The van der Waals surface area contributed by atoms with Crippen molar-refractivity contribution in [1.82, 2.24) is 19.9 Å².